The maximum atomic E-state index is 11.0. The van der Waals surface area contributed by atoms with Gasteiger partial charge in [0, 0.05) is 0 Å². The maximum Gasteiger partial charge on any atom is 0.166 e. The summed E-state index contributed by atoms with van der Waals surface area (Å²) in [5.41, 5.74) is 0. The van der Waals surface area contributed by atoms with Crippen LogP contribution in [0, 0.1) is 0 Å². The van der Waals surface area contributed by atoms with Crippen LogP contribution >= 0.6 is 11.6 Å². The van der Waals surface area contributed by atoms with E-state index in [4.69, 9.17) is 11.6 Å². The quantitative estimate of drug-likeness (QED) is 0.625. The Hall–Kier alpha value is 0.240. The summed E-state index contributed by atoms with van der Waals surface area (Å²) in [7, 11) is -2.99. The van der Waals surface area contributed by atoms with E-state index >= 15 is 0 Å². The molecule has 0 aromatic rings. The van der Waals surface area contributed by atoms with Crippen molar-refractivity contribution in [1.29, 1.82) is 0 Å². The highest BCUT2D eigenvalue weighted by Crippen LogP contribution is 2.08. The van der Waals surface area contributed by atoms with E-state index in [1.807, 2.05) is 6.92 Å². The number of hydrogen-bond donors (Lipinski definition) is 0. The monoisotopic (exact) mass is 184 g/mol. The van der Waals surface area contributed by atoms with E-state index in [1.54, 1.807) is 0 Å². The number of halogens is 1. The molecule has 0 aliphatic heterocycles. The van der Waals surface area contributed by atoms with Crippen LogP contribution in [-0.4, -0.2) is 18.9 Å². The van der Waals surface area contributed by atoms with Crippen LogP contribution in [0.25, 0.3) is 0 Å². The van der Waals surface area contributed by atoms with Gasteiger partial charge >= 0.3 is 0 Å². The molecular formula is C6H13ClO2S. The molecule has 0 aliphatic rings. The fraction of sp³-hybridized carbons (Fsp3) is 1.00. The molecule has 0 amide bonds. The Morgan fingerprint density at radius 3 is 2.30 bits per heavy atom. The van der Waals surface area contributed by atoms with Gasteiger partial charge in [0.2, 0.25) is 0 Å². The van der Waals surface area contributed by atoms with Crippen molar-refractivity contribution < 1.29 is 8.42 Å². The van der Waals surface area contributed by atoms with Crippen molar-refractivity contribution >= 4 is 21.4 Å². The van der Waals surface area contributed by atoms with Gasteiger partial charge in [-0.15, -0.1) is 11.6 Å². The average Bonchev–Trinajstić information content (AvgIpc) is 1.84. The summed E-state index contributed by atoms with van der Waals surface area (Å²) in [6.07, 6.45) is 1.60. The third-order valence-corrected chi connectivity index (χ3v) is 3.94. The lowest BCUT2D eigenvalue weighted by Crippen LogP contribution is -2.15. The minimum atomic E-state index is -2.99. The molecule has 0 bridgehead atoms. The number of sulfone groups is 1. The van der Waals surface area contributed by atoms with Crippen LogP contribution in [0.3, 0.4) is 0 Å². The molecular weight excluding hydrogens is 172 g/mol. The molecule has 62 valence electrons. The second kappa shape index (κ2) is 4.19. The smallest absolute Gasteiger partial charge is 0.166 e. The minimum Gasteiger partial charge on any atom is -0.227 e. The minimum absolute atomic E-state index is 0.216. The molecule has 0 fully saturated rings. The van der Waals surface area contributed by atoms with Crippen LogP contribution in [-0.2, 0) is 9.84 Å². The second-order valence-corrected chi connectivity index (χ2v) is 5.62. The third kappa shape index (κ3) is 3.42. The standard InChI is InChI=1S/C6H13ClO2S/c1-3-4-5-10(8,9)6(2)7/h6H,3-5H2,1-2H3. The topological polar surface area (TPSA) is 34.1 Å². The molecule has 10 heavy (non-hydrogen) atoms. The molecule has 0 saturated heterocycles. The van der Waals surface area contributed by atoms with E-state index in [-0.39, 0.29) is 5.75 Å². The van der Waals surface area contributed by atoms with Crippen LogP contribution in [0.15, 0.2) is 0 Å². The van der Waals surface area contributed by atoms with Crippen molar-refractivity contribution in [2.24, 2.45) is 0 Å². The third-order valence-electron chi connectivity index (χ3n) is 1.28. The average molecular weight is 185 g/mol. The highest BCUT2D eigenvalue weighted by Gasteiger charge is 2.16. The second-order valence-electron chi connectivity index (χ2n) is 2.26. The molecule has 0 aliphatic carbocycles. The molecule has 0 spiro atoms. The van der Waals surface area contributed by atoms with Crippen molar-refractivity contribution in [3.05, 3.63) is 0 Å². The lowest BCUT2D eigenvalue weighted by Gasteiger charge is -2.03. The van der Waals surface area contributed by atoms with Crippen LogP contribution in [0.2, 0.25) is 0 Å². The molecule has 1 unspecified atom stereocenters. The molecule has 0 heterocycles. The zero-order chi connectivity index (χ0) is 8.20. The first kappa shape index (κ1) is 10.2. The Bertz CT molecular complexity index is 172. The normalized spacial score (nSPS) is 15.1. The lowest BCUT2D eigenvalue weighted by molar-refractivity contribution is 0.591. The molecule has 4 heteroatoms. The van der Waals surface area contributed by atoms with Gasteiger partial charge in [-0.05, 0) is 13.3 Å². The van der Waals surface area contributed by atoms with Crippen molar-refractivity contribution in [3.8, 4) is 0 Å². The van der Waals surface area contributed by atoms with Gasteiger partial charge in [-0.1, -0.05) is 13.3 Å². The van der Waals surface area contributed by atoms with E-state index in [1.165, 1.54) is 6.92 Å². The van der Waals surface area contributed by atoms with E-state index in [9.17, 15) is 8.42 Å². The van der Waals surface area contributed by atoms with Crippen molar-refractivity contribution in [2.75, 3.05) is 5.75 Å². The van der Waals surface area contributed by atoms with Gasteiger partial charge in [-0.3, -0.25) is 0 Å². The van der Waals surface area contributed by atoms with Gasteiger partial charge in [-0.25, -0.2) is 8.42 Å². The van der Waals surface area contributed by atoms with Gasteiger partial charge in [0.1, 0.15) is 4.71 Å². The van der Waals surface area contributed by atoms with Crippen molar-refractivity contribution in [2.45, 2.75) is 31.4 Å². The van der Waals surface area contributed by atoms with Crippen LogP contribution in [0.4, 0.5) is 0 Å². The van der Waals surface area contributed by atoms with Gasteiger partial charge in [0.05, 0.1) is 5.75 Å². The summed E-state index contributed by atoms with van der Waals surface area (Å²) in [4.78, 5) is 0. The predicted molar refractivity (Wildman–Crippen MR) is 44.0 cm³/mol. The molecule has 1 atom stereocenters. The summed E-state index contributed by atoms with van der Waals surface area (Å²) in [6.45, 7) is 3.45. The molecule has 0 radical (unpaired) electrons. The SMILES string of the molecule is CCCCS(=O)(=O)C(C)Cl. The molecule has 0 N–H and O–H groups in total. The van der Waals surface area contributed by atoms with E-state index in [2.05, 4.69) is 0 Å². The molecule has 0 saturated carbocycles. The molecule has 0 rings (SSSR count). The van der Waals surface area contributed by atoms with Crippen molar-refractivity contribution in [1.82, 2.24) is 0 Å². The predicted octanol–water partition coefficient (Wildman–Crippen LogP) is 1.79. The number of alkyl halides is 1. The van der Waals surface area contributed by atoms with Crippen LogP contribution < -0.4 is 0 Å². The molecule has 0 aromatic heterocycles. The summed E-state index contributed by atoms with van der Waals surface area (Å²) in [6, 6.07) is 0. The number of unbranched alkanes of at least 4 members (excludes halogenated alkanes) is 1. The Labute approximate surface area is 67.5 Å². The highest BCUT2D eigenvalue weighted by molar-refractivity contribution is 7.93. The summed E-state index contributed by atoms with van der Waals surface area (Å²) < 4.78 is 21.2. The Morgan fingerprint density at radius 2 is 2.00 bits per heavy atom. The Morgan fingerprint density at radius 1 is 1.50 bits per heavy atom. The summed E-state index contributed by atoms with van der Waals surface area (Å²) in [5.74, 6) is 0.216. The number of hydrogen-bond acceptors (Lipinski definition) is 2. The Balaban J connectivity index is 3.90. The Kier molecular flexibility index (Phi) is 4.29. The van der Waals surface area contributed by atoms with Gasteiger partial charge < -0.3 is 0 Å². The van der Waals surface area contributed by atoms with E-state index in [0.717, 1.165) is 6.42 Å². The maximum absolute atomic E-state index is 11.0. The fourth-order valence-electron chi connectivity index (χ4n) is 0.508. The summed E-state index contributed by atoms with van der Waals surface area (Å²) in [5, 5.41) is 0. The zero-order valence-corrected chi connectivity index (χ0v) is 7.87. The van der Waals surface area contributed by atoms with E-state index < -0.39 is 14.5 Å². The largest absolute Gasteiger partial charge is 0.227 e. The number of rotatable bonds is 4. The first-order chi connectivity index (χ1) is 4.50. The fourth-order valence-corrected chi connectivity index (χ4v) is 1.79. The van der Waals surface area contributed by atoms with Gasteiger partial charge in [0.25, 0.3) is 0 Å². The zero-order valence-electron chi connectivity index (χ0n) is 6.30. The van der Waals surface area contributed by atoms with Crippen molar-refractivity contribution in [3.63, 3.8) is 0 Å². The highest BCUT2D eigenvalue weighted by atomic mass is 35.5. The van der Waals surface area contributed by atoms with E-state index in [0.29, 0.717) is 6.42 Å². The summed E-state index contributed by atoms with van der Waals surface area (Å²) >= 11 is 5.42. The van der Waals surface area contributed by atoms with Crippen LogP contribution in [0.5, 0.6) is 0 Å². The molecule has 2 nitrogen and oxygen atoms in total. The van der Waals surface area contributed by atoms with Gasteiger partial charge in [0.15, 0.2) is 9.84 Å². The first-order valence-electron chi connectivity index (χ1n) is 3.36. The first-order valence-corrected chi connectivity index (χ1v) is 5.51. The molecule has 0 aromatic carbocycles. The van der Waals surface area contributed by atoms with Gasteiger partial charge in [-0.2, -0.15) is 0 Å². The lowest BCUT2D eigenvalue weighted by atomic mass is 10.4. The van der Waals surface area contributed by atoms with Crippen LogP contribution in [0.1, 0.15) is 26.7 Å².